The van der Waals surface area contributed by atoms with Crippen LogP contribution < -0.4 is 10.6 Å². The molecule has 1 aliphatic rings. The molecule has 1 atom stereocenters. The molecule has 1 aromatic rings. The lowest BCUT2D eigenvalue weighted by Crippen LogP contribution is -2.46. The van der Waals surface area contributed by atoms with Crippen LogP contribution in [0, 0.1) is 0 Å². The molecule has 2 N–H and O–H groups in total. The topological polar surface area (TPSA) is 44.4 Å². The van der Waals surface area contributed by atoms with E-state index in [-0.39, 0.29) is 11.9 Å². The summed E-state index contributed by atoms with van der Waals surface area (Å²) in [5.74, 6) is -0.0628. The van der Waals surface area contributed by atoms with Gasteiger partial charge in [0.15, 0.2) is 0 Å². The third kappa shape index (κ3) is 3.61. The number of likely N-dealkylation sites (tertiary alicyclic amines) is 1. The maximum atomic E-state index is 12.3. The highest BCUT2D eigenvalue weighted by Crippen LogP contribution is 2.20. The van der Waals surface area contributed by atoms with Gasteiger partial charge >= 0.3 is 0 Å². The third-order valence-electron chi connectivity index (χ3n) is 3.46. The van der Waals surface area contributed by atoms with Crippen molar-refractivity contribution in [2.24, 2.45) is 0 Å². The first kappa shape index (κ1) is 14.2. The van der Waals surface area contributed by atoms with Crippen LogP contribution in [0.25, 0.3) is 0 Å². The third-order valence-corrected chi connectivity index (χ3v) is 3.69. The highest BCUT2D eigenvalue weighted by Gasteiger charge is 2.20. The number of amides is 1. The van der Waals surface area contributed by atoms with Gasteiger partial charge in [-0.05, 0) is 44.6 Å². The van der Waals surface area contributed by atoms with Gasteiger partial charge in [0.05, 0.1) is 5.56 Å². The van der Waals surface area contributed by atoms with E-state index < -0.39 is 0 Å². The Morgan fingerprint density at radius 3 is 2.95 bits per heavy atom. The Morgan fingerprint density at radius 1 is 1.47 bits per heavy atom. The van der Waals surface area contributed by atoms with Crippen LogP contribution in [0.2, 0.25) is 5.02 Å². The van der Waals surface area contributed by atoms with E-state index in [1.165, 1.54) is 0 Å². The van der Waals surface area contributed by atoms with E-state index in [0.29, 0.717) is 10.6 Å². The Labute approximate surface area is 119 Å². The average Bonchev–Trinajstić information content (AvgIpc) is 2.38. The van der Waals surface area contributed by atoms with Crippen molar-refractivity contribution in [1.82, 2.24) is 10.2 Å². The largest absolute Gasteiger partial charge is 0.387 e. The van der Waals surface area contributed by atoms with Crippen molar-refractivity contribution >= 4 is 23.2 Å². The smallest absolute Gasteiger partial charge is 0.253 e. The highest BCUT2D eigenvalue weighted by molar-refractivity contribution is 6.31. The van der Waals surface area contributed by atoms with Gasteiger partial charge in [-0.25, -0.2) is 0 Å². The van der Waals surface area contributed by atoms with Crippen molar-refractivity contribution in [3.8, 4) is 0 Å². The number of piperidine rings is 1. The number of likely N-dealkylation sites (N-methyl/N-ethyl adjacent to an activating group) is 1. The molecule has 104 valence electrons. The predicted molar refractivity (Wildman–Crippen MR) is 79.0 cm³/mol. The lowest BCUT2D eigenvalue weighted by molar-refractivity contribution is 0.0913. The minimum atomic E-state index is -0.0628. The van der Waals surface area contributed by atoms with Gasteiger partial charge in [0.1, 0.15) is 0 Å². The standard InChI is InChI=1S/C14H20ClN3O/c1-16-13-6-5-10(15)8-12(13)14(19)17-11-4-3-7-18(2)9-11/h5-6,8,11,16H,3-4,7,9H2,1-2H3,(H,17,19). The van der Waals surface area contributed by atoms with Crippen LogP contribution in [-0.4, -0.2) is 44.0 Å². The van der Waals surface area contributed by atoms with E-state index >= 15 is 0 Å². The van der Waals surface area contributed by atoms with E-state index in [0.717, 1.165) is 31.6 Å². The van der Waals surface area contributed by atoms with Crippen LogP contribution in [0.5, 0.6) is 0 Å². The molecule has 1 unspecified atom stereocenters. The van der Waals surface area contributed by atoms with Crippen LogP contribution in [0.15, 0.2) is 18.2 Å². The van der Waals surface area contributed by atoms with Crippen LogP contribution in [0.4, 0.5) is 5.69 Å². The van der Waals surface area contributed by atoms with Gasteiger partial charge in [-0.15, -0.1) is 0 Å². The second kappa shape index (κ2) is 6.26. The molecule has 0 saturated carbocycles. The first-order valence-electron chi connectivity index (χ1n) is 6.57. The first-order chi connectivity index (χ1) is 9.10. The molecule has 19 heavy (non-hydrogen) atoms. The number of anilines is 1. The van der Waals surface area contributed by atoms with E-state index in [2.05, 4.69) is 22.6 Å². The SMILES string of the molecule is CNc1ccc(Cl)cc1C(=O)NC1CCCN(C)C1. The monoisotopic (exact) mass is 281 g/mol. The minimum Gasteiger partial charge on any atom is -0.387 e. The lowest BCUT2D eigenvalue weighted by Gasteiger charge is -2.30. The normalized spacial score (nSPS) is 20.1. The van der Waals surface area contributed by atoms with Crippen molar-refractivity contribution in [1.29, 1.82) is 0 Å². The number of hydrogen-bond acceptors (Lipinski definition) is 3. The Bertz CT molecular complexity index is 464. The molecule has 0 spiro atoms. The van der Waals surface area contributed by atoms with Gasteiger partial charge < -0.3 is 15.5 Å². The molecule has 0 radical (unpaired) electrons. The molecule has 0 aliphatic carbocycles. The zero-order valence-corrected chi connectivity index (χ0v) is 12.1. The summed E-state index contributed by atoms with van der Waals surface area (Å²) in [6, 6.07) is 5.52. The van der Waals surface area contributed by atoms with Gasteiger partial charge in [0.25, 0.3) is 5.91 Å². The summed E-state index contributed by atoms with van der Waals surface area (Å²) in [4.78, 5) is 14.6. The van der Waals surface area contributed by atoms with Crippen LogP contribution in [0.1, 0.15) is 23.2 Å². The van der Waals surface area contributed by atoms with Gasteiger partial charge in [0, 0.05) is 30.3 Å². The number of nitrogens with zero attached hydrogens (tertiary/aromatic N) is 1. The maximum Gasteiger partial charge on any atom is 0.253 e. The molecule has 2 rings (SSSR count). The lowest BCUT2D eigenvalue weighted by atomic mass is 10.1. The summed E-state index contributed by atoms with van der Waals surface area (Å²) in [6.07, 6.45) is 2.15. The fraction of sp³-hybridized carbons (Fsp3) is 0.500. The fourth-order valence-corrected chi connectivity index (χ4v) is 2.64. The number of carbonyl (C=O) groups is 1. The number of nitrogens with one attached hydrogen (secondary N) is 2. The van der Waals surface area contributed by atoms with Crippen molar-refractivity contribution in [3.63, 3.8) is 0 Å². The molecule has 4 nitrogen and oxygen atoms in total. The van der Waals surface area contributed by atoms with Gasteiger partial charge in [-0.2, -0.15) is 0 Å². The quantitative estimate of drug-likeness (QED) is 0.893. The van der Waals surface area contributed by atoms with Crippen molar-refractivity contribution in [3.05, 3.63) is 28.8 Å². The van der Waals surface area contributed by atoms with Crippen molar-refractivity contribution < 1.29 is 4.79 Å². The van der Waals surface area contributed by atoms with Crippen LogP contribution >= 0.6 is 11.6 Å². The van der Waals surface area contributed by atoms with E-state index in [4.69, 9.17) is 11.6 Å². The average molecular weight is 282 g/mol. The Hall–Kier alpha value is -1.26. The number of benzene rings is 1. The van der Waals surface area contributed by atoms with E-state index in [9.17, 15) is 4.79 Å². The molecular formula is C14H20ClN3O. The number of rotatable bonds is 3. The summed E-state index contributed by atoms with van der Waals surface area (Å²) in [6.45, 7) is 2.01. The maximum absolute atomic E-state index is 12.3. The number of hydrogen-bond donors (Lipinski definition) is 2. The number of halogens is 1. The van der Waals surface area contributed by atoms with Crippen molar-refractivity contribution in [2.75, 3.05) is 32.5 Å². The Morgan fingerprint density at radius 2 is 2.26 bits per heavy atom. The van der Waals surface area contributed by atoms with Gasteiger partial charge in [-0.1, -0.05) is 11.6 Å². The molecule has 0 aromatic heterocycles. The first-order valence-corrected chi connectivity index (χ1v) is 6.94. The zero-order chi connectivity index (χ0) is 13.8. The van der Waals surface area contributed by atoms with E-state index in [1.807, 2.05) is 6.07 Å². The second-order valence-corrected chi connectivity index (χ2v) is 5.45. The molecule has 1 aromatic carbocycles. The van der Waals surface area contributed by atoms with Crippen molar-refractivity contribution in [2.45, 2.75) is 18.9 Å². The fourth-order valence-electron chi connectivity index (χ4n) is 2.47. The summed E-state index contributed by atoms with van der Waals surface area (Å²) >= 11 is 5.97. The molecule has 1 saturated heterocycles. The molecule has 0 bridgehead atoms. The number of carbonyl (C=O) groups excluding carboxylic acids is 1. The molecule has 1 heterocycles. The summed E-state index contributed by atoms with van der Waals surface area (Å²) in [5, 5.41) is 6.68. The molecular weight excluding hydrogens is 262 g/mol. The molecule has 1 fully saturated rings. The molecule has 1 amide bonds. The Kier molecular flexibility index (Phi) is 4.66. The second-order valence-electron chi connectivity index (χ2n) is 5.01. The van der Waals surface area contributed by atoms with Gasteiger partial charge in [0.2, 0.25) is 0 Å². The van der Waals surface area contributed by atoms with E-state index in [1.54, 1.807) is 19.2 Å². The summed E-state index contributed by atoms with van der Waals surface area (Å²) < 4.78 is 0. The molecule has 1 aliphatic heterocycles. The molecule has 5 heteroatoms. The minimum absolute atomic E-state index is 0.0628. The summed E-state index contributed by atoms with van der Waals surface area (Å²) in [7, 11) is 3.88. The summed E-state index contributed by atoms with van der Waals surface area (Å²) in [5.41, 5.74) is 1.40. The zero-order valence-electron chi connectivity index (χ0n) is 11.4. The van der Waals surface area contributed by atoms with Crippen LogP contribution in [0.3, 0.4) is 0 Å². The van der Waals surface area contributed by atoms with Gasteiger partial charge in [-0.3, -0.25) is 4.79 Å². The Balaban J connectivity index is 2.09. The van der Waals surface area contributed by atoms with Crippen LogP contribution in [-0.2, 0) is 0 Å². The highest BCUT2D eigenvalue weighted by atomic mass is 35.5. The predicted octanol–water partition coefficient (Wildman–Crippen LogP) is 2.21.